The predicted molar refractivity (Wildman–Crippen MR) is 80.1 cm³/mol. The highest BCUT2D eigenvalue weighted by Crippen LogP contribution is 2.32. The van der Waals surface area contributed by atoms with E-state index in [1.165, 1.54) is 16.1 Å². The summed E-state index contributed by atoms with van der Waals surface area (Å²) in [6.07, 6.45) is 1.92. The monoisotopic (exact) mass is 275 g/mol. The second-order valence-corrected chi connectivity index (χ2v) is 5.36. The van der Waals surface area contributed by atoms with Crippen LogP contribution in [-0.4, -0.2) is 38.3 Å². The van der Waals surface area contributed by atoms with Crippen LogP contribution in [0.15, 0.2) is 29.8 Å². The van der Waals surface area contributed by atoms with Crippen LogP contribution in [0.1, 0.15) is 0 Å². The Bertz CT molecular complexity index is 532. The molecule has 0 amide bonds. The Balaban J connectivity index is 1.79. The molecule has 0 radical (unpaired) electrons. The van der Waals surface area contributed by atoms with Gasteiger partial charge in [0.1, 0.15) is 5.82 Å². The lowest BCUT2D eigenvalue weighted by atomic mass is 10.2. The molecule has 2 aromatic heterocycles. The largest absolute Gasteiger partial charge is 0.378 e. The van der Waals surface area contributed by atoms with Gasteiger partial charge >= 0.3 is 0 Å². The van der Waals surface area contributed by atoms with Gasteiger partial charge in [0.2, 0.25) is 0 Å². The molecule has 5 heteroatoms. The van der Waals surface area contributed by atoms with Crippen molar-refractivity contribution in [1.29, 1.82) is 0 Å². The number of ether oxygens (including phenoxy) is 1. The Labute approximate surface area is 117 Å². The molecule has 4 nitrogen and oxygen atoms in total. The van der Waals surface area contributed by atoms with Crippen molar-refractivity contribution in [1.82, 2.24) is 4.98 Å². The lowest BCUT2D eigenvalue weighted by molar-refractivity contribution is 0.123. The predicted octanol–water partition coefficient (Wildman–Crippen LogP) is 2.69. The molecule has 0 bridgehead atoms. The second-order valence-electron chi connectivity index (χ2n) is 4.45. The lowest BCUT2D eigenvalue weighted by Crippen LogP contribution is -2.35. The Kier molecular flexibility index (Phi) is 3.66. The highest BCUT2D eigenvalue weighted by molar-refractivity contribution is 7.14. The van der Waals surface area contributed by atoms with E-state index in [4.69, 9.17) is 4.74 Å². The van der Waals surface area contributed by atoms with Crippen molar-refractivity contribution in [2.24, 2.45) is 0 Å². The normalized spacial score (nSPS) is 15.5. The van der Waals surface area contributed by atoms with Crippen molar-refractivity contribution < 1.29 is 4.74 Å². The summed E-state index contributed by atoms with van der Waals surface area (Å²) in [6.45, 7) is 3.60. The maximum absolute atomic E-state index is 5.38. The molecule has 2 aromatic rings. The van der Waals surface area contributed by atoms with E-state index in [0.717, 1.165) is 32.1 Å². The Morgan fingerprint density at radius 3 is 2.84 bits per heavy atom. The number of pyridine rings is 1. The molecular formula is C14H17N3OS. The zero-order valence-corrected chi connectivity index (χ0v) is 11.7. The Hall–Kier alpha value is -1.59. The molecule has 1 saturated heterocycles. The number of aromatic nitrogens is 1. The Morgan fingerprint density at radius 2 is 2.16 bits per heavy atom. The van der Waals surface area contributed by atoms with E-state index in [9.17, 15) is 0 Å². The van der Waals surface area contributed by atoms with Crippen molar-refractivity contribution in [2.75, 3.05) is 43.6 Å². The number of thiophene rings is 1. The summed E-state index contributed by atoms with van der Waals surface area (Å²) >= 11 is 1.77. The van der Waals surface area contributed by atoms with Gasteiger partial charge in [-0.05, 0) is 18.2 Å². The third-order valence-electron chi connectivity index (χ3n) is 3.27. The van der Waals surface area contributed by atoms with Crippen LogP contribution in [0.3, 0.4) is 0 Å². The van der Waals surface area contributed by atoms with Gasteiger partial charge in [0.05, 0.1) is 13.2 Å². The molecular weight excluding hydrogens is 258 g/mol. The number of rotatable bonds is 3. The van der Waals surface area contributed by atoms with E-state index < -0.39 is 0 Å². The third kappa shape index (κ3) is 2.72. The molecule has 0 aromatic carbocycles. The van der Waals surface area contributed by atoms with Gasteiger partial charge in [0, 0.05) is 47.8 Å². The van der Waals surface area contributed by atoms with Gasteiger partial charge in [0.25, 0.3) is 0 Å². The zero-order chi connectivity index (χ0) is 13.1. The highest BCUT2D eigenvalue weighted by Gasteiger charge is 2.13. The summed E-state index contributed by atoms with van der Waals surface area (Å²) < 4.78 is 5.38. The van der Waals surface area contributed by atoms with Crippen LogP contribution < -0.4 is 10.2 Å². The quantitative estimate of drug-likeness (QED) is 0.934. The minimum absolute atomic E-state index is 0.823. The third-order valence-corrected chi connectivity index (χ3v) is 4.23. The molecule has 0 spiro atoms. The average molecular weight is 275 g/mol. The van der Waals surface area contributed by atoms with E-state index >= 15 is 0 Å². The van der Waals surface area contributed by atoms with E-state index in [0.29, 0.717) is 0 Å². The first-order valence-electron chi connectivity index (χ1n) is 6.42. The van der Waals surface area contributed by atoms with Crippen LogP contribution >= 0.6 is 11.3 Å². The van der Waals surface area contributed by atoms with Gasteiger partial charge in [-0.2, -0.15) is 0 Å². The fraction of sp³-hybridized carbons (Fsp3) is 0.357. The van der Waals surface area contributed by atoms with Crippen molar-refractivity contribution in [2.45, 2.75) is 0 Å². The minimum atomic E-state index is 0.823. The molecule has 100 valence electrons. The van der Waals surface area contributed by atoms with E-state index in [1.807, 2.05) is 19.3 Å². The van der Waals surface area contributed by atoms with Crippen molar-refractivity contribution >= 4 is 22.8 Å². The van der Waals surface area contributed by atoms with Crippen molar-refractivity contribution in [3.8, 4) is 10.4 Å². The summed E-state index contributed by atoms with van der Waals surface area (Å²) in [5.74, 6) is 0.897. The number of nitrogens with zero attached hydrogens (tertiary/aromatic N) is 2. The zero-order valence-electron chi connectivity index (χ0n) is 10.9. The standard InChI is InChI=1S/C14H17N3OS/c1-15-14-3-2-11(9-16-14)13-8-12(10-19-13)17-4-6-18-7-5-17/h2-3,8-10H,4-7H2,1H3,(H,15,16). The summed E-state index contributed by atoms with van der Waals surface area (Å²) in [6, 6.07) is 6.35. The summed E-state index contributed by atoms with van der Waals surface area (Å²) in [4.78, 5) is 7.99. The maximum atomic E-state index is 5.38. The lowest BCUT2D eigenvalue weighted by Gasteiger charge is -2.27. The van der Waals surface area contributed by atoms with Crippen molar-refractivity contribution in [3.63, 3.8) is 0 Å². The number of anilines is 2. The fourth-order valence-electron chi connectivity index (χ4n) is 2.15. The van der Waals surface area contributed by atoms with Gasteiger partial charge in [-0.25, -0.2) is 4.98 Å². The molecule has 0 unspecified atom stereocenters. The van der Waals surface area contributed by atoms with Gasteiger partial charge in [0.15, 0.2) is 0 Å². The van der Waals surface area contributed by atoms with E-state index in [1.54, 1.807) is 11.3 Å². The number of nitrogens with one attached hydrogen (secondary N) is 1. The first-order valence-corrected chi connectivity index (χ1v) is 7.30. The first kappa shape index (κ1) is 12.4. The minimum Gasteiger partial charge on any atom is -0.378 e. The van der Waals surface area contributed by atoms with Crippen molar-refractivity contribution in [3.05, 3.63) is 29.8 Å². The first-order chi connectivity index (χ1) is 9.36. The molecule has 1 fully saturated rings. The second kappa shape index (κ2) is 5.59. The van der Waals surface area contributed by atoms with Crippen LogP contribution in [0.5, 0.6) is 0 Å². The van der Waals surface area contributed by atoms with Crippen LogP contribution in [0, 0.1) is 0 Å². The van der Waals surface area contributed by atoms with Crippen LogP contribution in [0.25, 0.3) is 10.4 Å². The molecule has 3 heterocycles. The van der Waals surface area contributed by atoms with Gasteiger partial charge in [-0.1, -0.05) is 0 Å². The molecule has 1 aliphatic heterocycles. The highest BCUT2D eigenvalue weighted by atomic mass is 32.1. The summed E-state index contributed by atoms with van der Waals surface area (Å²) in [5, 5.41) is 5.25. The summed E-state index contributed by atoms with van der Waals surface area (Å²) in [7, 11) is 1.88. The fourth-order valence-corrected chi connectivity index (χ4v) is 3.06. The molecule has 1 aliphatic rings. The topological polar surface area (TPSA) is 37.4 Å². The van der Waals surface area contributed by atoms with Gasteiger partial charge in [-0.3, -0.25) is 0 Å². The Morgan fingerprint density at radius 1 is 1.32 bits per heavy atom. The molecule has 0 aliphatic carbocycles. The number of hydrogen-bond donors (Lipinski definition) is 1. The van der Waals surface area contributed by atoms with Crippen LogP contribution in [-0.2, 0) is 4.74 Å². The smallest absolute Gasteiger partial charge is 0.125 e. The van der Waals surface area contributed by atoms with Crippen LogP contribution in [0.4, 0.5) is 11.5 Å². The molecule has 19 heavy (non-hydrogen) atoms. The number of hydrogen-bond acceptors (Lipinski definition) is 5. The molecule has 0 saturated carbocycles. The number of morpholine rings is 1. The maximum Gasteiger partial charge on any atom is 0.125 e. The van der Waals surface area contributed by atoms with E-state index in [2.05, 4.69) is 32.7 Å². The van der Waals surface area contributed by atoms with Gasteiger partial charge in [-0.15, -0.1) is 11.3 Å². The van der Waals surface area contributed by atoms with E-state index in [-0.39, 0.29) is 0 Å². The summed E-state index contributed by atoms with van der Waals surface area (Å²) in [5.41, 5.74) is 2.46. The van der Waals surface area contributed by atoms with Gasteiger partial charge < -0.3 is 15.0 Å². The molecule has 3 rings (SSSR count). The molecule has 1 N–H and O–H groups in total. The van der Waals surface area contributed by atoms with Crippen LogP contribution in [0.2, 0.25) is 0 Å². The average Bonchev–Trinajstić information content (AvgIpc) is 2.98. The SMILES string of the molecule is CNc1ccc(-c2cc(N3CCOCC3)cs2)cn1. The molecule has 0 atom stereocenters.